The molecule has 1 aromatic heterocycles. The number of nitrogens with zero attached hydrogens (tertiary/aromatic N) is 2. The summed E-state index contributed by atoms with van der Waals surface area (Å²) in [7, 11) is 0. The van der Waals surface area contributed by atoms with Crippen LogP contribution in [0.2, 0.25) is 0 Å². The second-order valence-corrected chi connectivity index (χ2v) is 5.85. The van der Waals surface area contributed by atoms with Gasteiger partial charge in [-0.15, -0.1) is 0 Å². The summed E-state index contributed by atoms with van der Waals surface area (Å²) in [5.74, 6) is 0.809. The molecule has 0 aliphatic rings. The summed E-state index contributed by atoms with van der Waals surface area (Å²) in [6.07, 6.45) is 2.27. The highest BCUT2D eigenvalue weighted by Gasteiger charge is 2.13. The third-order valence-corrected chi connectivity index (χ3v) is 2.59. The van der Waals surface area contributed by atoms with E-state index in [4.69, 9.17) is 9.47 Å². The Kier molecular flexibility index (Phi) is 6.88. The molecular formula is C15H27N3O2. The fourth-order valence-corrected chi connectivity index (χ4v) is 1.86. The van der Waals surface area contributed by atoms with Gasteiger partial charge >= 0.3 is 0 Å². The number of ether oxygens (including phenoxy) is 2. The van der Waals surface area contributed by atoms with E-state index >= 15 is 0 Å². The highest BCUT2D eigenvalue weighted by Crippen LogP contribution is 2.20. The lowest BCUT2D eigenvalue weighted by molar-refractivity contribution is -0.126. The largest absolute Gasteiger partial charge is 0.365 e. The molecule has 1 rings (SSSR count). The predicted octanol–water partition coefficient (Wildman–Crippen LogP) is 2.88. The molecular weight excluding hydrogens is 254 g/mol. The highest BCUT2D eigenvalue weighted by atomic mass is 16.7. The maximum absolute atomic E-state index is 5.49. The number of hydrogen-bond donors (Lipinski definition) is 1. The Bertz CT molecular complexity index is 385. The van der Waals surface area contributed by atoms with Gasteiger partial charge in [-0.1, -0.05) is 20.8 Å². The maximum Gasteiger partial charge on any atom is 0.174 e. The first-order chi connectivity index (χ1) is 9.44. The molecule has 0 atom stereocenters. The molecule has 1 heterocycles. The Labute approximate surface area is 122 Å². The summed E-state index contributed by atoms with van der Waals surface area (Å²) in [6, 6.07) is 1.99. The van der Waals surface area contributed by atoms with Crippen molar-refractivity contribution < 1.29 is 9.47 Å². The maximum atomic E-state index is 5.49. The van der Waals surface area contributed by atoms with Crippen LogP contribution >= 0.6 is 0 Å². The number of anilines is 1. The summed E-state index contributed by atoms with van der Waals surface area (Å²) >= 11 is 0. The van der Waals surface area contributed by atoms with Crippen LogP contribution in [0.4, 0.5) is 5.82 Å². The lowest BCUT2D eigenvalue weighted by Crippen LogP contribution is -2.26. The van der Waals surface area contributed by atoms with Crippen molar-refractivity contribution in [2.75, 3.05) is 25.1 Å². The molecule has 0 amide bonds. The Hall–Kier alpha value is -1.20. The van der Waals surface area contributed by atoms with E-state index in [1.54, 1.807) is 6.33 Å². The van der Waals surface area contributed by atoms with Gasteiger partial charge in [-0.25, -0.2) is 9.97 Å². The zero-order valence-corrected chi connectivity index (χ0v) is 13.3. The fraction of sp³-hybridized carbons (Fsp3) is 0.733. The molecule has 0 aliphatic heterocycles. The van der Waals surface area contributed by atoms with Crippen molar-refractivity contribution in [3.8, 4) is 0 Å². The second kappa shape index (κ2) is 8.17. The Morgan fingerprint density at radius 2 is 1.80 bits per heavy atom. The van der Waals surface area contributed by atoms with E-state index < -0.39 is 0 Å². The minimum Gasteiger partial charge on any atom is -0.365 e. The lowest BCUT2D eigenvalue weighted by Gasteiger charge is -2.19. The molecule has 1 aromatic rings. The van der Waals surface area contributed by atoms with E-state index in [1.165, 1.54) is 0 Å². The number of hydrogen-bond acceptors (Lipinski definition) is 5. The van der Waals surface area contributed by atoms with Gasteiger partial charge in [0.1, 0.15) is 12.1 Å². The van der Waals surface area contributed by atoms with Gasteiger partial charge in [0.15, 0.2) is 6.29 Å². The average molecular weight is 281 g/mol. The molecule has 114 valence electrons. The molecule has 5 nitrogen and oxygen atoms in total. The van der Waals surface area contributed by atoms with E-state index in [9.17, 15) is 0 Å². The van der Waals surface area contributed by atoms with Crippen molar-refractivity contribution >= 4 is 5.82 Å². The standard InChI is InChI=1S/C15H27N3O2/c1-6-19-14(20-7-2)10-16-13-8-12(17-11-18-13)9-15(3,4)5/h8,11,14H,6-7,9-10H2,1-5H3,(H,16,17,18). The van der Waals surface area contributed by atoms with Gasteiger partial charge in [0.05, 0.1) is 6.54 Å². The minimum absolute atomic E-state index is 0.213. The van der Waals surface area contributed by atoms with Gasteiger partial charge in [0.25, 0.3) is 0 Å². The number of aromatic nitrogens is 2. The summed E-state index contributed by atoms with van der Waals surface area (Å²) < 4.78 is 11.0. The van der Waals surface area contributed by atoms with Crippen LogP contribution in [0.5, 0.6) is 0 Å². The summed E-state index contributed by atoms with van der Waals surface area (Å²) in [4.78, 5) is 8.54. The van der Waals surface area contributed by atoms with Crippen molar-refractivity contribution in [2.24, 2.45) is 5.41 Å². The molecule has 0 saturated heterocycles. The van der Waals surface area contributed by atoms with Gasteiger partial charge in [-0.05, 0) is 25.7 Å². The monoisotopic (exact) mass is 281 g/mol. The Morgan fingerprint density at radius 3 is 2.35 bits per heavy atom. The van der Waals surface area contributed by atoms with E-state index in [2.05, 4.69) is 36.1 Å². The molecule has 0 fully saturated rings. The minimum atomic E-state index is -0.244. The van der Waals surface area contributed by atoms with Gasteiger partial charge in [-0.2, -0.15) is 0 Å². The van der Waals surface area contributed by atoms with Crippen LogP contribution in [-0.2, 0) is 15.9 Å². The van der Waals surface area contributed by atoms with Crippen molar-refractivity contribution in [3.05, 3.63) is 18.1 Å². The molecule has 0 unspecified atom stereocenters. The lowest BCUT2D eigenvalue weighted by atomic mass is 9.90. The first kappa shape index (κ1) is 16.9. The number of rotatable bonds is 8. The van der Waals surface area contributed by atoms with Crippen LogP contribution in [0.25, 0.3) is 0 Å². The van der Waals surface area contributed by atoms with Crippen LogP contribution in [0.3, 0.4) is 0 Å². The smallest absolute Gasteiger partial charge is 0.174 e. The molecule has 0 spiro atoms. The molecule has 0 aromatic carbocycles. The van der Waals surface area contributed by atoms with Crippen LogP contribution < -0.4 is 5.32 Å². The van der Waals surface area contributed by atoms with Gasteiger partial charge < -0.3 is 14.8 Å². The van der Waals surface area contributed by atoms with E-state index in [0.29, 0.717) is 19.8 Å². The van der Waals surface area contributed by atoms with E-state index in [1.807, 2.05) is 19.9 Å². The summed E-state index contributed by atoms with van der Waals surface area (Å²) in [5.41, 5.74) is 1.25. The second-order valence-electron chi connectivity index (χ2n) is 5.85. The van der Waals surface area contributed by atoms with Crippen molar-refractivity contribution in [2.45, 2.75) is 47.3 Å². The van der Waals surface area contributed by atoms with E-state index in [-0.39, 0.29) is 11.7 Å². The molecule has 0 bridgehead atoms. The quantitative estimate of drug-likeness (QED) is 0.743. The van der Waals surface area contributed by atoms with Crippen LogP contribution in [-0.4, -0.2) is 36.0 Å². The zero-order chi connectivity index (χ0) is 15.0. The molecule has 0 aliphatic carbocycles. The Balaban J connectivity index is 2.57. The molecule has 0 saturated carbocycles. The average Bonchev–Trinajstić information content (AvgIpc) is 2.35. The first-order valence-electron chi connectivity index (χ1n) is 7.22. The number of nitrogens with one attached hydrogen (secondary N) is 1. The van der Waals surface area contributed by atoms with Crippen LogP contribution in [0, 0.1) is 5.41 Å². The van der Waals surface area contributed by atoms with Gasteiger partial charge in [0, 0.05) is 25.0 Å². The molecule has 5 heteroatoms. The van der Waals surface area contributed by atoms with Crippen molar-refractivity contribution in [1.29, 1.82) is 0 Å². The Morgan fingerprint density at radius 1 is 1.15 bits per heavy atom. The van der Waals surface area contributed by atoms with Crippen molar-refractivity contribution in [3.63, 3.8) is 0 Å². The fourth-order valence-electron chi connectivity index (χ4n) is 1.86. The van der Waals surface area contributed by atoms with Crippen molar-refractivity contribution in [1.82, 2.24) is 9.97 Å². The highest BCUT2D eigenvalue weighted by molar-refractivity contribution is 5.35. The molecule has 1 N–H and O–H groups in total. The third kappa shape index (κ3) is 6.82. The SMILES string of the molecule is CCOC(CNc1cc(CC(C)(C)C)ncn1)OCC. The summed E-state index contributed by atoms with van der Waals surface area (Å²) in [5, 5.41) is 3.24. The first-order valence-corrected chi connectivity index (χ1v) is 7.22. The third-order valence-electron chi connectivity index (χ3n) is 2.59. The normalized spacial score (nSPS) is 11.9. The predicted molar refractivity (Wildman–Crippen MR) is 80.7 cm³/mol. The zero-order valence-electron chi connectivity index (χ0n) is 13.3. The van der Waals surface area contributed by atoms with Crippen LogP contribution in [0.15, 0.2) is 12.4 Å². The summed E-state index contributed by atoms with van der Waals surface area (Å²) in [6.45, 7) is 12.3. The molecule has 0 radical (unpaired) electrons. The molecule has 20 heavy (non-hydrogen) atoms. The van der Waals surface area contributed by atoms with E-state index in [0.717, 1.165) is 17.9 Å². The van der Waals surface area contributed by atoms with Gasteiger partial charge in [0.2, 0.25) is 0 Å². The van der Waals surface area contributed by atoms with Gasteiger partial charge in [-0.3, -0.25) is 0 Å². The van der Waals surface area contributed by atoms with Crippen LogP contribution in [0.1, 0.15) is 40.3 Å². The topological polar surface area (TPSA) is 56.3 Å².